The zero-order chi connectivity index (χ0) is 22.1. The molecule has 0 radical (unpaired) electrons. The van der Waals surface area contributed by atoms with Crippen LogP contribution in [0.15, 0.2) is 52.9 Å². The molecular formula is C24H19N3O4. The van der Waals surface area contributed by atoms with Crippen LogP contribution in [-0.2, 0) is 6.42 Å². The average molecular weight is 413 g/mol. The fourth-order valence-electron chi connectivity index (χ4n) is 3.55. The number of carbonyl (C=O) groups is 3. The average Bonchev–Trinajstić information content (AvgIpc) is 3.18. The van der Waals surface area contributed by atoms with Gasteiger partial charge in [0.2, 0.25) is 5.88 Å². The molecule has 4 rings (SSSR count). The predicted molar refractivity (Wildman–Crippen MR) is 113 cm³/mol. The number of hydrogen-bond acceptors (Lipinski definition) is 5. The second-order valence-corrected chi connectivity index (χ2v) is 7.31. The van der Waals surface area contributed by atoms with E-state index in [-0.39, 0.29) is 40.6 Å². The fraction of sp³-hybridized carbons (Fsp3) is 0.167. The van der Waals surface area contributed by atoms with Gasteiger partial charge in [-0.1, -0.05) is 30.3 Å². The highest BCUT2D eigenvalue weighted by Crippen LogP contribution is 2.27. The van der Waals surface area contributed by atoms with Crippen LogP contribution < -0.4 is 5.32 Å². The predicted octanol–water partition coefficient (Wildman–Crippen LogP) is 3.86. The van der Waals surface area contributed by atoms with Gasteiger partial charge in [0.15, 0.2) is 0 Å². The minimum absolute atomic E-state index is 0.0647. The van der Waals surface area contributed by atoms with E-state index in [1.165, 1.54) is 23.1 Å². The number of furan rings is 1. The number of hydrogen-bond donors (Lipinski definition) is 1. The number of carbonyl (C=O) groups excluding carboxylic acids is 3. The van der Waals surface area contributed by atoms with E-state index in [2.05, 4.69) is 5.32 Å². The lowest BCUT2D eigenvalue weighted by atomic mass is 10.1. The lowest BCUT2D eigenvalue weighted by Gasteiger charge is -2.13. The molecule has 7 nitrogen and oxygen atoms in total. The molecule has 31 heavy (non-hydrogen) atoms. The molecule has 1 aromatic heterocycles. The summed E-state index contributed by atoms with van der Waals surface area (Å²) in [4.78, 5) is 39.4. The monoisotopic (exact) mass is 413 g/mol. The second-order valence-electron chi connectivity index (χ2n) is 7.31. The maximum atomic E-state index is 12.8. The van der Waals surface area contributed by atoms with Crippen LogP contribution in [0.5, 0.6) is 0 Å². The molecule has 0 spiro atoms. The molecular weight excluding hydrogens is 394 g/mol. The van der Waals surface area contributed by atoms with E-state index in [9.17, 15) is 19.6 Å². The maximum absolute atomic E-state index is 12.8. The van der Waals surface area contributed by atoms with Crippen LogP contribution in [0.2, 0.25) is 0 Å². The molecule has 0 saturated carbocycles. The molecule has 0 aliphatic carbocycles. The summed E-state index contributed by atoms with van der Waals surface area (Å²) >= 11 is 0. The van der Waals surface area contributed by atoms with E-state index in [4.69, 9.17) is 4.42 Å². The van der Waals surface area contributed by atoms with Crippen molar-refractivity contribution in [2.45, 2.75) is 20.3 Å². The van der Waals surface area contributed by atoms with Crippen molar-refractivity contribution in [1.82, 2.24) is 4.90 Å². The van der Waals surface area contributed by atoms with Crippen molar-refractivity contribution < 1.29 is 18.8 Å². The van der Waals surface area contributed by atoms with Gasteiger partial charge in [-0.2, -0.15) is 5.26 Å². The Balaban J connectivity index is 1.53. The van der Waals surface area contributed by atoms with E-state index < -0.39 is 11.8 Å². The first kappa shape index (κ1) is 20.1. The van der Waals surface area contributed by atoms with E-state index in [0.29, 0.717) is 17.7 Å². The summed E-state index contributed by atoms with van der Waals surface area (Å²) in [6.45, 7) is 3.70. The third-order valence-corrected chi connectivity index (χ3v) is 5.42. The largest absolute Gasteiger partial charge is 0.444 e. The van der Waals surface area contributed by atoms with Crippen LogP contribution in [0.25, 0.3) is 0 Å². The van der Waals surface area contributed by atoms with Crippen LogP contribution >= 0.6 is 0 Å². The molecule has 0 atom stereocenters. The van der Waals surface area contributed by atoms with E-state index >= 15 is 0 Å². The van der Waals surface area contributed by atoms with E-state index in [1.54, 1.807) is 13.8 Å². The number of rotatable bonds is 5. The van der Waals surface area contributed by atoms with E-state index in [0.717, 1.165) is 5.56 Å². The molecule has 2 aromatic carbocycles. The molecule has 0 fully saturated rings. The minimum atomic E-state index is -0.531. The van der Waals surface area contributed by atoms with Gasteiger partial charge in [-0.15, -0.1) is 0 Å². The first-order chi connectivity index (χ1) is 14.9. The van der Waals surface area contributed by atoms with Crippen LogP contribution in [0, 0.1) is 25.2 Å². The van der Waals surface area contributed by atoms with Gasteiger partial charge in [0.25, 0.3) is 17.7 Å². The van der Waals surface area contributed by atoms with Crippen molar-refractivity contribution in [3.8, 4) is 6.07 Å². The van der Waals surface area contributed by atoms with Crippen molar-refractivity contribution in [2.75, 3.05) is 11.9 Å². The number of fused-ring (bicyclic) bond motifs is 1. The van der Waals surface area contributed by atoms with Gasteiger partial charge in [0.1, 0.15) is 17.4 Å². The molecule has 3 aromatic rings. The normalized spacial score (nSPS) is 12.6. The third-order valence-electron chi connectivity index (χ3n) is 5.42. The number of amides is 3. The molecule has 3 amide bonds. The summed E-state index contributed by atoms with van der Waals surface area (Å²) < 4.78 is 5.47. The molecule has 1 aliphatic heterocycles. The third kappa shape index (κ3) is 3.60. The number of anilines is 1. The molecule has 1 N–H and O–H groups in total. The Morgan fingerprint density at radius 2 is 1.77 bits per heavy atom. The number of imide groups is 1. The molecule has 1 aliphatic rings. The number of nitrogens with one attached hydrogen (secondary N) is 1. The number of nitrogens with zero attached hydrogens (tertiary/aromatic N) is 2. The molecule has 0 bridgehead atoms. The van der Waals surface area contributed by atoms with Gasteiger partial charge in [0.05, 0.1) is 11.1 Å². The van der Waals surface area contributed by atoms with Crippen LogP contribution in [-0.4, -0.2) is 29.2 Å². The quantitative estimate of drug-likeness (QED) is 0.640. The van der Waals surface area contributed by atoms with Gasteiger partial charge in [-0.05, 0) is 44.0 Å². The minimum Gasteiger partial charge on any atom is -0.444 e. The number of aryl methyl sites for hydroxylation is 1. The van der Waals surface area contributed by atoms with Crippen molar-refractivity contribution >= 4 is 23.6 Å². The lowest BCUT2D eigenvalue weighted by molar-refractivity contribution is 0.0656. The highest BCUT2D eigenvalue weighted by atomic mass is 16.4. The van der Waals surface area contributed by atoms with Crippen molar-refractivity contribution in [2.24, 2.45) is 0 Å². The Labute approximate surface area is 178 Å². The highest BCUT2D eigenvalue weighted by molar-refractivity contribution is 6.22. The second kappa shape index (κ2) is 7.92. The summed E-state index contributed by atoms with van der Waals surface area (Å²) in [5.74, 6) is -0.721. The SMILES string of the molecule is Cc1oc(NC(=O)c2ccc3c(c2)C(=O)N(CCc2ccccc2)C3=O)c(C#N)c1C. The van der Waals surface area contributed by atoms with E-state index in [1.807, 2.05) is 36.4 Å². The summed E-state index contributed by atoms with van der Waals surface area (Å²) in [5, 5.41) is 11.9. The summed E-state index contributed by atoms with van der Waals surface area (Å²) in [5.41, 5.74) is 2.60. The zero-order valence-electron chi connectivity index (χ0n) is 17.1. The zero-order valence-corrected chi connectivity index (χ0v) is 17.1. The first-order valence-electron chi connectivity index (χ1n) is 9.76. The number of benzene rings is 2. The molecule has 7 heteroatoms. The Morgan fingerprint density at radius 3 is 2.48 bits per heavy atom. The van der Waals surface area contributed by atoms with Crippen molar-refractivity contribution in [1.29, 1.82) is 5.26 Å². The maximum Gasteiger partial charge on any atom is 0.261 e. The Hall–Kier alpha value is -4.18. The lowest BCUT2D eigenvalue weighted by Crippen LogP contribution is -2.31. The molecule has 0 unspecified atom stereocenters. The number of nitriles is 1. The smallest absolute Gasteiger partial charge is 0.261 e. The van der Waals surface area contributed by atoms with Crippen molar-refractivity contribution in [3.05, 3.63) is 87.7 Å². The fourth-order valence-corrected chi connectivity index (χ4v) is 3.55. The Bertz CT molecular complexity index is 1250. The molecule has 154 valence electrons. The van der Waals surface area contributed by atoms with Crippen LogP contribution in [0.4, 0.5) is 5.88 Å². The highest BCUT2D eigenvalue weighted by Gasteiger charge is 2.35. The Kier molecular flexibility index (Phi) is 5.14. The summed E-state index contributed by atoms with van der Waals surface area (Å²) in [6.07, 6.45) is 0.549. The summed E-state index contributed by atoms with van der Waals surface area (Å²) in [6, 6.07) is 16.0. The van der Waals surface area contributed by atoms with Gasteiger partial charge >= 0.3 is 0 Å². The van der Waals surface area contributed by atoms with Gasteiger partial charge in [-0.25, -0.2) is 0 Å². The summed E-state index contributed by atoms with van der Waals surface area (Å²) in [7, 11) is 0. The van der Waals surface area contributed by atoms with Crippen molar-refractivity contribution in [3.63, 3.8) is 0 Å². The van der Waals surface area contributed by atoms with Gasteiger partial charge < -0.3 is 4.42 Å². The molecule has 2 heterocycles. The topological polar surface area (TPSA) is 103 Å². The molecule has 0 saturated heterocycles. The van der Waals surface area contributed by atoms with Crippen LogP contribution in [0.3, 0.4) is 0 Å². The van der Waals surface area contributed by atoms with Crippen LogP contribution in [0.1, 0.15) is 53.5 Å². The Morgan fingerprint density at radius 1 is 1.06 bits per heavy atom. The van der Waals surface area contributed by atoms with Gasteiger partial charge in [-0.3, -0.25) is 24.6 Å². The standard InChI is InChI=1S/C24H19N3O4/c1-14-15(2)31-22(20(14)13-25)26-21(28)17-8-9-18-19(12-17)24(30)27(23(18)29)11-10-16-6-4-3-5-7-16/h3-9,12H,10-11H2,1-2H3,(H,26,28). The van der Waals surface area contributed by atoms with Gasteiger partial charge in [0, 0.05) is 17.7 Å². The first-order valence-corrected chi connectivity index (χ1v) is 9.76.